The molecule has 4 heteroatoms. The van der Waals surface area contributed by atoms with Crippen LogP contribution in [0.5, 0.6) is 0 Å². The van der Waals surface area contributed by atoms with E-state index in [1.165, 1.54) is 0 Å². The molecule has 14 heavy (non-hydrogen) atoms. The predicted molar refractivity (Wildman–Crippen MR) is 57.2 cm³/mol. The first-order valence-electron chi connectivity index (χ1n) is 4.97. The van der Waals surface area contributed by atoms with Crippen LogP contribution in [0.25, 0.3) is 0 Å². The predicted octanol–water partition coefficient (Wildman–Crippen LogP) is 0.305. The van der Waals surface area contributed by atoms with Crippen molar-refractivity contribution in [2.75, 3.05) is 32.8 Å². The Labute approximate surface area is 85.7 Å². The Morgan fingerprint density at radius 3 is 3.00 bits per heavy atom. The highest BCUT2D eigenvalue weighted by molar-refractivity contribution is 5.77. The van der Waals surface area contributed by atoms with Crippen molar-refractivity contribution in [2.45, 2.75) is 13.3 Å². The average molecular weight is 200 g/mol. The normalized spacial score (nSPS) is 9.79. The first-order chi connectivity index (χ1) is 6.81. The third kappa shape index (κ3) is 9.22. The van der Waals surface area contributed by atoms with Crippen molar-refractivity contribution in [3.63, 3.8) is 0 Å². The lowest BCUT2D eigenvalue weighted by Crippen LogP contribution is -2.34. The first-order valence-corrected chi connectivity index (χ1v) is 4.97. The molecule has 0 rings (SSSR count). The lowest BCUT2D eigenvalue weighted by Gasteiger charge is -2.05. The summed E-state index contributed by atoms with van der Waals surface area (Å²) in [6.07, 6.45) is 2.59. The van der Waals surface area contributed by atoms with Crippen LogP contribution < -0.4 is 10.6 Å². The van der Waals surface area contributed by atoms with Crippen molar-refractivity contribution in [3.05, 3.63) is 12.7 Å². The van der Waals surface area contributed by atoms with E-state index in [0.717, 1.165) is 13.0 Å². The van der Waals surface area contributed by atoms with Crippen molar-refractivity contribution in [1.29, 1.82) is 0 Å². The minimum Gasteiger partial charge on any atom is -0.382 e. The van der Waals surface area contributed by atoms with Crippen LogP contribution in [0.15, 0.2) is 12.7 Å². The fourth-order valence-corrected chi connectivity index (χ4v) is 0.897. The van der Waals surface area contributed by atoms with Crippen LogP contribution in [0.1, 0.15) is 13.3 Å². The molecule has 0 aromatic carbocycles. The van der Waals surface area contributed by atoms with Crippen LogP contribution in [0.2, 0.25) is 0 Å². The summed E-state index contributed by atoms with van der Waals surface area (Å²) in [5.41, 5.74) is 0. The molecule has 0 aliphatic rings. The highest BCUT2D eigenvalue weighted by atomic mass is 16.5. The standard InChI is InChI=1S/C10H20N2O2/c1-3-6-11-9-10(13)12-7-5-8-14-4-2/h3,11H,1,4-9H2,2H3,(H,12,13). The van der Waals surface area contributed by atoms with Crippen LogP contribution in [-0.4, -0.2) is 38.8 Å². The number of amides is 1. The van der Waals surface area contributed by atoms with E-state index in [-0.39, 0.29) is 5.91 Å². The molecule has 0 aromatic rings. The molecular weight excluding hydrogens is 180 g/mol. The number of ether oxygens (including phenoxy) is 1. The fraction of sp³-hybridized carbons (Fsp3) is 0.700. The Morgan fingerprint density at radius 2 is 2.36 bits per heavy atom. The zero-order chi connectivity index (χ0) is 10.6. The maximum Gasteiger partial charge on any atom is 0.233 e. The highest BCUT2D eigenvalue weighted by Gasteiger charge is 1.97. The van der Waals surface area contributed by atoms with Gasteiger partial charge in [-0.3, -0.25) is 4.79 Å². The van der Waals surface area contributed by atoms with E-state index in [0.29, 0.717) is 26.2 Å². The maximum absolute atomic E-state index is 11.1. The molecule has 0 bridgehead atoms. The molecular formula is C10H20N2O2. The minimum absolute atomic E-state index is 0.0170. The van der Waals surface area contributed by atoms with Crippen LogP contribution in [0.4, 0.5) is 0 Å². The van der Waals surface area contributed by atoms with Crippen LogP contribution in [0.3, 0.4) is 0 Å². The second-order valence-electron chi connectivity index (χ2n) is 2.82. The summed E-state index contributed by atoms with van der Waals surface area (Å²) >= 11 is 0. The molecule has 4 nitrogen and oxygen atoms in total. The Morgan fingerprint density at radius 1 is 1.57 bits per heavy atom. The summed E-state index contributed by atoms with van der Waals surface area (Å²) in [4.78, 5) is 11.1. The molecule has 0 atom stereocenters. The van der Waals surface area contributed by atoms with Gasteiger partial charge in [0.1, 0.15) is 0 Å². The zero-order valence-corrected chi connectivity index (χ0v) is 8.84. The third-order valence-corrected chi connectivity index (χ3v) is 1.57. The van der Waals surface area contributed by atoms with Crippen molar-refractivity contribution in [2.24, 2.45) is 0 Å². The van der Waals surface area contributed by atoms with Gasteiger partial charge in [-0.25, -0.2) is 0 Å². The average Bonchev–Trinajstić information content (AvgIpc) is 2.18. The summed E-state index contributed by atoms with van der Waals surface area (Å²) in [7, 11) is 0. The van der Waals surface area contributed by atoms with E-state index >= 15 is 0 Å². The second kappa shape index (κ2) is 10.2. The van der Waals surface area contributed by atoms with E-state index in [1.807, 2.05) is 6.92 Å². The van der Waals surface area contributed by atoms with Crippen LogP contribution >= 0.6 is 0 Å². The summed E-state index contributed by atoms with van der Waals surface area (Å²) < 4.78 is 5.13. The lowest BCUT2D eigenvalue weighted by atomic mass is 10.4. The van der Waals surface area contributed by atoms with Crippen molar-refractivity contribution in [1.82, 2.24) is 10.6 Å². The molecule has 1 amide bonds. The zero-order valence-electron chi connectivity index (χ0n) is 8.84. The maximum atomic E-state index is 11.1. The molecule has 0 radical (unpaired) electrons. The van der Waals surface area contributed by atoms with Crippen molar-refractivity contribution >= 4 is 5.91 Å². The molecule has 0 saturated carbocycles. The number of hydrogen-bond donors (Lipinski definition) is 2. The number of rotatable bonds is 9. The molecule has 2 N–H and O–H groups in total. The van der Waals surface area contributed by atoms with E-state index in [4.69, 9.17) is 4.74 Å². The smallest absolute Gasteiger partial charge is 0.233 e. The van der Waals surface area contributed by atoms with Gasteiger partial charge in [0.2, 0.25) is 5.91 Å². The van der Waals surface area contributed by atoms with Gasteiger partial charge < -0.3 is 15.4 Å². The number of carbonyl (C=O) groups is 1. The van der Waals surface area contributed by atoms with E-state index < -0.39 is 0 Å². The Hall–Kier alpha value is -0.870. The first kappa shape index (κ1) is 13.1. The SMILES string of the molecule is C=CCNCC(=O)NCCCOCC. The molecule has 0 spiro atoms. The number of nitrogens with one attached hydrogen (secondary N) is 2. The molecule has 0 aromatic heterocycles. The molecule has 82 valence electrons. The summed E-state index contributed by atoms with van der Waals surface area (Å²) in [6, 6.07) is 0. The van der Waals surface area contributed by atoms with Gasteiger partial charge in [-0.1, -0.05) is 6.08 Å². The van der Waals surface area contributed by atoms with Gasteiger partial charge in [-0.05, 0) is 13.3 Å². The van der Waals surface area contributed by atoms with Gasteiger partial charge in [0, 0.05) is 26.3 Å². The monoisotopic (exact) mass is 200 g/mol. The third-order valence-electron chi connectivity index (χ3n) is 1.57. The van der Waals surface area contributed by atoms with Gasteiger partial charge >= 0.3 is 0 Å². The molecule has 0 unspecified atom stereocenters. The molecule has 0 aliphatic heterocycles. The summed E-state index contributed by atoms with van der Waals surface area (Å²) in [5, 5.41) is 5.71. The van der Waals surface area contributed by atoms with E-state index in [9.17, 15) is 4.79 Å². The molecule has 0 saturated heterocycles. The topological polar surface area (TPSA) is 50.4 Å². The molecule has 0 fully saturated rings. The van der Waals surface area contributed by atoms with E-state index in [1.54, 1.807) is 6.08 Å². The Bertz CT molecular complexity index is 160. The van der Waals surface area contributed by atoms with E-state index in [2.05, 4.69) is 17.2 Å². The largest absolute Gasteiger partial charge is 0.382 e. The van der Waals surface area contributed by atoms with Gasteiger partial charge in [0.05, 0.1) is 6.54 Å². The second-order valence-corrected chi connectivity index (χ2v) is 2.82. The van der Waals surface area contributed by atoms with Gasteiger partial charge in [0.25, 0.3) is 0 Å². The van der Waals surface area contributed by atoms with Crippen molar-refractivity contribution in [3.8, 4) is 0 Å². The minimum atomic E-state index is 0.0170. The Kier molecular flexibility index (Phi) is 9.58. The van der Waals surface area contributed by atoms with Gasteiger partial charge in [-0.15, -0.1) is 6.58 Å². The van der Waals surface area contributed by atoms with Gasteiger partial charge in [0.15, 0.2) is 0 Å². The number of hydrogen-bond acceptors (Lipinski definition) is 3. The summed E-state index contributed by atoms with van der Waals surface area (Å²) in [6.45, 7) is 8.62. The Balaban J connectivity index is 3.14. The van der Waals surface area contributed by atoms with Gasteiger partial charge in [-0.2, -0.15) is 0 Å². The molecule has 0 aliphatic carbocycles. The summed E-state index contributed by atoms with van der Waals surface area (Å²) in [5.74, 6) is 0.0170. The number of carbonyl (C=O) groups excluding carboxylic acids is 1. The lowest BCUT2D eigenvalue weighted by molar-refractivity contribution is -0.120. The fourth-order valence-electron chi connectivity index (χ4n) is 0.897. The van der Waals surface area contributed by atoms with Crippen LogP contribution in [-0.2, 0) is 9.53 Å². The van der Waals surface area contributed by atoms with Crippen LogP contribution in [0, 0.1) is 0 Å². The molecule has 0 heterocycles. The highest BCUT2D eigenvalue weighted by Crippen LogP contribution is 1.79. The van der Waals surface area contributed by atoms with Crippen molar-refractivity contribution < 1.29 is 9.53 Å². The quantitative estimate of drug-likeness (QED) is 0.416.